The molecule has 2 aromatic carbocycles. The SMILES string of the molecule is Oc1ccc(-c2n[nH]c3cccc(O)c23)cc1. The standard InChI is InChI=1S/C13H10N2O2/c16-9-6-4-8(5-7-9)13-12-10(14-15-13)2-1-3-11(12)17/h1-7,16-17H,(H,14,15). The van der Waals surface area contributed by atoms with Crippen LogP contribution < -0.4 is 0 Å². The topological polar surface area (TPSA) is 69.1 Å². The maximum Gasteiger partial charge on any atom is 0.127 e. The van der Waals surface area contributed by atoms with E-state index in [4.69, 9.17) is 0 Å². The molecule has 3 aromatic rings. The fourth-order valence-electron chi connectivity index (χ4n) is 1.88. The molecule has 17 heavy (non-hydrogen) atoms. The van der Waals surface area contributed by atoms with E-state index < -0.39 is 0 Å². The minimum absolute atomic E-state index is 0.194. The van der Waals surface area contributed by atoms with E-state index in [0.717, 1.165) is 11.1 Å². The molecule has 4 heteroatoms. The molecule has 0 saturated carbocycles. The smallest absolute Gasteiger partial charge is 0.127 e. The highest BCUT2D eigenvalue weighted by molar-refractivity contribution is 5.97. The molecule has 4 nitrogen and oxygen atoms in total. The number of nitrogens with one attached hydrogen (secondary N) is 1. The second-order valence-corrected chi connectivity index (χ2v) is 3.82. The molecule has 3 rings (SSSR count). The second kappa shape index (κ2) is 3.52. The normalized spacial score (nSPS) is 10.8. The van der Waals surface area contributed by atoms with Crippen molar-refractivity contribution in [1.82, 2.24) is 10.2 Å². The predicted octanol–water partition coefficient (Wildman–Crippen LogP) is 2.64. The van der Waals surface area contributed by atoms with Gasteiger partial charge in [-0.2, -0.15) is 5.10 Å². The van der Waals surface area contributed by atoms with E-state index in [0.29, 0.717) is 11.1 Å². The van der Waals surface area contributed by atoms with Gasteiger partial charge in [0.2, 0.25) is 0 Å². The summed E-state index contributed by atoms with van der Waals surface area (Å²) in [5, 5.41) is 26.8. The summed E-state index contributed by atoms with van der Waals surface area (Å²) in [5.41, 5.74) is 2.31. The molecule has 0 unspecified atom stereocenters. The summed E-state index contributed by atoms with van der Waals surface area (Å²) in [5.74, 6) is 0.400. The summed E-state index contributed by atoms with van der Waals surface area (Å²) in [6, 6.07) is 11.9. The Kier molecular flexibility index (Phi) is 2.01. The number of hydrogen-bond donors (Lipinski definition) is 3. The van der Waals surface area contributed by atoms with Gasteiger partial charge in [-0.1, -0.05) is 6.07 Å². The molecule has 0 aliphatic rings. The maximum atomic E-state index is 9.85. The van der Waals surface area contributed by atoms with E-state index in [9.17, 15) is 10.2 Å². The molecule has 0 amide bonds. The molecule has 0 bridgehead atoms. The zero-order valence-electron chi connectivity index (χ0n) is 8.88. The average molecular weight is 226 g/mol. The molecule has 0 aliphatic carbocycles. The summed E-state index contributed by atoms with van der Waals surface area (Å²) in [6.45, 7) is 0. The summed E-state index contributed by atoms with van der Waals surface area (Å²) < 4.78 is 0. The third kappa shape index (κ3) is 1.50. The lowest BCUT2D eigenvalue weighted by atomic mass is 10.1. The number of rotatable bonds is 1. The monoisotopic (exact) mass is 226 g/mol. The van der Waals surface area contributed by atoms with Gasteiger partial charge >= 0.3 is 0 Å². The van der Waals surface area contributed by atoms with Gasteiger partial charge in [0.15, 0.2) is 0 Å². The van der Waals surface area contributed by atoms with Crippen LogP contribution in [0.2, 0.25) is 0 Å². The van der Waals surface area contributed by atoms with Crippen LogP contribution in [-0.4, -0.2) is 20.4 Å². The zero-order valence-corrected chi connectivity index (χ0v) is 8.88. The van der Waals surface area contributed by atoms with Crippen molar-refractivity contribution in [2.45, 2.75) is 0 Å². The number of fused-ring (bicyclic) bond motifs is 1. The Bertz CT molecular complexity index is 671. The molecule has 1 aromatic heterocycles. The minimum Gasteiger partial charge on any atom is -0.508 e. The molecule has 1 heterocycles. The Morgan fingerprint density at radius 3 is 2.47 bits per heavy atom. The molecule has 0 atom stereocenters. The number of phenols is 2. The molecule has 0 radical (unpaired) electrons. The highest BCUT2D eigenvalue weighted by atomic mass is 16.3. The van der Waals surface area contributed by atoms with E-state index in [2.05, 4.69) is 10.2 Å². The Hall–Kier alpha value is -2.49. The van der Waals surface area contributed by atoms with Crippen molar-refractivity contribution in [3.8, 4) is 22.8 Å². The van der Waals surface area contributed by atoms with Gasteiger partial charge in [0, 0.05) is 5.56 Å². The van der Waals surface area contributed by atoms with Crippen molar-refractivity contribution >= 4 is 10.9 Å². The summed E-state index contributed by atoms with van der Waals surface area (Å²) in [4.78, 5) is 0. The fourth-order valence-corrected chi connectivity index (χ4v) is 1.88. The van der Waals surface area contributed by atoms with Gasteiger partial charge in [-0.15, -0.1) is 0 Å². The highest BCUT2D eigenvalue weighted by Gasteiger charge is 2.11. The van der Waals surface area contributed by atoms with Crippen LogP contribution in [0, 0.1) is 0 Å². The highest BCUT2D eigenvalue weighted by Crippen LogP contribution is 2.33. The van der Waals surface area contributed by atoms with Crippen LogP contribution in [0.15, 0.2) is 42.5 Å². The van der Waals surface area contributed by atoms with Crippen LogP contribution in [-0.2, 0) is 0 Å². The predicted molar refractivity (Wildman–Crippen MR) is 64.9 cm³/mol. The lowest BCUT2D eigenvalue weighted by molar-refractivity contribution is 0.475. The summed E-state index contributed by atoms with van der Waals surface area (Å²) in [6.07, 6.45) is 0. The van der Waals surface area contributed by atoms with E-state index in [-0.39, 0.29) is 11.5 Å². The van der Waals surface area contributed by atoms with Gasteiger partial charge in [0.05, 0.1) is 10.9 Å². The number of aromatic hydroxyl groups is 2. The maximum absolute atomic E-state index is 9.85. The van der Waals surface area contributed by atoms with Crippen molar-refractivity contribution in [1.29, 1.82) is 0 Å². The second-order valence-electron chi connectivity index (χ2n) is 3.82. The number of nitrogens with zero attached hydrogens (tertiary/aromatic N) is 1. The molecule has 84 valence electrons. The quantitative estimate of drug-likeness (QED) is 0.597. The van der Waals surface area contributed by atoms with Crippen LogP contribution >= 0.6 is 0 Å². The van der Waals surface area contributed by atoms with Crippen LogP contribution in [0.25, 0.3) is 22.2 Å². The summed E-state index contributed by atoms with van der Waals surface area (Å²) >= 11 is 0. The number of aromatic nitrogens is 2. The van der Waals surface area contributed by atoms with Gasteiger partial charge in [-0.3, -0.25) is 5.10 Å². The fraction of sp³-hybridized carbons (Fsp3) is 0. The minimum atomic E-state index is 0.194. The van der Waals surface area contributed by atoms with Gasteiger partial charge in [-0.05, 0) is 36.4 Å². The number of aromatic amines is 1. The first-order chi connectivity index (χ1) is 8.25. The molecule has 0 spiro atoms. The Morgan fingerprint density at radius 2 is 1.71 bits per heavy atom. The molecular formula is C13H10N2O2. The first-order valence-electron chi connectivity index (χ1n) is 5.21. The van der Waals surface area contributed by atoms with Crippen molar-refractivity contribution in [2.24, 2.45) is 0 Å². The lowest BCUT2D eigenvalue weighted by Gasteiger charge is -2.00. The van der Waals surface area contributed by atoms with E-state index in [1.165, 1.54) is 0 Å². The van der Waals surface area contributed by atoms with Gasteiger partial charge in [0.1, 0.15) is 17.2 Å². The summed E-state index contributed by atoms with van der Waals surface area (Å²) in [7, 11) is 0. The number of benzene rings is 2. The number of H-pyrrole nitrogens is 1. The first-order valence-corrected chi connectivity index (χ1v) is 5.21. The molecule has 0 fully saturated rings. The van der Waals surface area contributed by atoms with Gasteiger partial charge < -0.3 is 10.2 Å². The zero-order chi connectivity index (χ0) is 11.8. The number of hydrogen-bond acceptors (Lipinski definition) is 3. The molecule has 3 N–H and O–H groups in total. The van der Waals surface area contributed by atoms with Crippen LogP contribution in [0.4, 0.5) is 0 Å². The molecular weight excluding hydrogens is 216 g/mol. The molecule has 0 saturated heterocycles. The number of phenolic OH excluding ortho intramolecular Hbond substituents is 2. The Labute approximate surface area is 97.2 Å². The van der Waals surface area contributed by atoms with Crippen LogP contribution in [0.1, 0.15) is 0 Å². The lowest BCUT2D eigenvalue weighted by Crippen LogP contribution is -1.78. The first kappa shape index (κ1) is 9.72. The van der Waals surface area contributed by atoms with Gasteiger partial charge in [0.25, 0.3) is 0 Å². The van der Waals surface area contributed by atoms with E-state index >= 15 is 0 Å². The molecule has 0 aliphatic heterocycles. The Morgan fingerprint density at radius 1 is 0.941 bits per heavy atom. The van der Waals surface area contributed by atoms with Gasteiger partial charge in [-0.25, -0.2) is 0 Å². The third-order valence-electron chi connectivity index (χ3n) is 2.71. The average Bonchev–Trinajstić information content (AvgIpc) is 2.75. The Balaban J connectivity index is 2.27. The van der Waals surface area contributed by atoms with Crippen molar-refractivity contribution in [2.75, 3.05) is 0 Å². The van der Waals surface area contributed by atoms with Crippen molar-refractivity contribution in [3.63, 3.8) is 0 Å². The van der Waals surface area contributed by atoms with E-state index in [1.54, 1.807) is 36.4 Å². The van der Waals surface area contributed by atoms with Crippen LogP contribution in [0.5, 0.6) is 11.5 Å². The third-order valence-corrected chi connectivity index (χ3v) is 2.71. The van der Waals surface area contributed by atoms with Crippen LogP contribution in [0.3, 0.4) is 0 Å². The largest absolute Gasteiger partial charge is 0.508 e. The van der Waals surface area contributed by atoms with E-state index in [1.807, 2.05) is 6.07 Å². The van der Waals surface area contributed by atoms with Crippen molar-refractivity contribution in [3.05, 3.63) is 42.5 Å². The van der Waals surface area contributed by atoms with Crippen molar-refractivity contribution < 1.29 is 10.2 Å².